The molecule has 2 aliphatic rings. The van der Waals surface area contributed by atoms with Crippen molar-refractivity contribution >= 4 is 29.1 Å². The van der Waals surface area contributed by atoms with Gasteiger partial charge in [0.25, 0.3) is 0 Å². The van der Waals surface area contributed by atoms with Crippen molar-refractivity contribution in [3.05, 3.63) is 71.0 Å². The van der Waals surface area contributed by atoms with Crippen LogP contribution in [0.2, 0.25) is 5.15 Å². The van der Waals surface area contributed by atoms with Crippen LogP contribution in [0.1, 0.15) is 5.56 Å². The smallest absolute Gasteiger partial charge is 0.235 e. The van der Waals surface area contributed by atoms with Gasteiger partial charge in [-0.3, -0.25) is 0 Å². The molecule has 3 heterocycles. The van der Waals surface area contributed by atoms with E-state index in [9.17, 15) is 5.11 Å². The lowest BCUT2D eigenvalue weighted by Gasteiger charge is -2.23. The van der Waals surface area contributed by atoms with Gasteiger partial charge in [-0.05, 0) is 35.4 Å². The summed E-state index contributed by atoms with van der Waals surface area (Å²) in [5.74, 6) is 0.0601. The average Bonchev–Trinajstić information content (AvgIpc) is 2.86. The second-order valence-electron chi connectivity index (χ2n) is 4.65. The number of halogens is 1. The molecule has 111 valence electrons. The van der Waals surface area contributed by atoms with E-state index in [1.54, 1.807) is 23.3 Å². The largest absolute Gasteiger partial charge is 0.492 e. The van der Waals surface area contributed by atoms with Crippen LogP contribution in [0, 0.1) is 0 Å². The Balaban J connectivity index is 0.00000144. The van der Waals surface area contributed by atoms with Crippen molar-refractivity contribution in [2.45, 2.75) is 0 Å². The molecular formula is C15H12ClN4O2. The van der Waals surface area contributed by atoms with E-state index in [0.717, 1.165) is 11.3 Å². The SMILES string of the molecule is O.OC1=C2C=Cc3ccccc3N2[N]N1c1ccc(Cl)nc1. The van der Waals surface area contributed by atoms with Crippen LogP contribution in [-0.2, 0) is 0 Å². The second kappa shape index (κ2) is 5.34. The van der Waals surface area contributed by atoms with Gasteiger partial charge in [0.1, 0.15) is 10.9 Å². The number of benzene rings is 1. The van der Waals surface area contributed by atoms with Gasteiger partial charge in [-0.15, -0.1) is 0 Å². The fourth-order valence-electron chi connectivity index (χ4n) is 2.36. The Hall–Kier alpha value is -2.54. The van der Waals surface area contributed by atoms with Gasteiger partial charge in [0.2, 0.25) is 5.88 Å². The molecule has 0 bridgehead atoms. The number of aromatic nitrogens is 1. The third kappa shape index (κ3) is 2.10. The lowest BCUT2D eigenvalue weighted by molar-refractivity contribution is 0.387. The highest BCUT2D eigenvalue weighted by Gasteiger charge is 2.34. The molecule has 0 saturated carbocycles. The quantitative estimate of drug-likeness (QED) is 0.819. The van der Waals surface area contributed by atoms with Crippen LogP contribution in [0.15, 0.2) is 60.3 Å². The molecule has 2 aromatic rings. The minimum Gasteiger partial charge on any atom is -0.492 e. The molecule has 22 heavy (non-hydrogen) atoms. The van der Waals surface area contributed by atoms with E-state index < -0.39 is 0 Å². The molecule has 1 radical (unpaired) electrons. The Morgan fingerprint density at radius 3 is 2.59 bits per heavy atom. The summed E-state index contributed by atoms with van der Waals surface area (Å²) in [6, 6.07) is 11.3. The fraction of sp³-hybridized carbons (Fsp3) is 0. The normalized spacial score (nSPS) is 15.5. The Labute approximate surface area is 131 Å². The number of fused-ring (bicyclic) bond motifs is 3. The van der Waals surface area contributed by atoms with Crippen molar-refractivity contribution in [1.29, 1.82) is 0 Å². The molecule has 6 nitrogen and oxygen atoms in total. The predicted octanol–water partition coefficient (Wildman–Crippen LogP) is 2.43. The van der Waals surface area contributed by atoms with E-state index >= 15 is 0 Å². The number of rotatable bonds is 1. The number of nitrogens with zero attached hydrogens (tertiary/aromatic N) is 4. The molecule has 0 fully saturated rings. The maximum absolute atomic E-state index is 10.4. The highest BCUT2D eigenvalue weighted by molar-refractivity contribution is 6.29. The van der Waals surface area contributed by atoms with Gasteiger partial charge >= 0.3 is 0 Å². The van der Waals surface area contributed by atoms with Crippen LogP contribution in [0.4, 0.5) is 11.4 Å². The first-order valence-electron chi connectivity index (χ1n) is 6.38. The Bertz CT molecular complexity index is 773. The number of hydrogen-bond donors (Lipinski definition) is 1. The van der Waals surface area contributed by atoms with E-state index in [1.807, 2.05) is 36.4 Å². The number of aliphatic hydroxyl groups is 1. The summed E-state index contributed by atoms with van der Waals surface area (Å²) in [5, 5.41) is 13.9. The summed E-state index contributed by atoms with van der Waals surface area (Å²) in [4.78, 5) is 4.01. The molecule has 1 aromatic carbocycles. The summed E-state index contributed by atoms with van der Waals surface area (Å²) in [5.41, 5.74) is 7.68. The zero-order chi connectivity index (χ0) is 14.4. The molecule has 0 aliphatic carbocycles. The molecule has 4 rings (SSSR count). The van der Waals surface area contributed by atoms with Crippen LogP contribution in [0.25, 0.3) is 6.08 Å². The van der Waals surface area contributed by atoms with Crippen LogP contribution in [-0.4, -0.2) is 15.6 Å². The summed E-state index contributed by atoms with van der Waals surface area (Å²) in [7, 11) is 0. The van der Waals surface area contributed by atoms with Crippen LogP contribution >= 0.6 is 11.6 Å². The van der Waals surface area contributed by atoms with E-state index in [0.29, 0.717) is 16.5 Å². The maximum atomic E-state index is 10.4. The maximum Gasteiger partial charge on any atom is 0.235 e. The minimum absolute atomic E-state index is 0. The van der Waals surface area contributed by atoms with Gasteiger partial charge in [0.05, 0.1) is 17.6 Å². The first-order valence-corrected chi connectivity index (χ1v) is 6.75. The zero-order valence-electron chi connectivity index (χ0n) is 11.3. The van der Waals surface area contributed by atoms with Gasteiger partial charge < -0.3 is 10.6 Å². The van der Waals surface area contributed by atoms with Crippen molar-refractivity contribution in [1.82, 2.24) is 10.5 Å². The summed E-state index contributed by atoms with van der Waals surface area (Å²) in [6.07, 6.45) is 5.36. The number of pyridine rings is 1. The lowest BCUT2D eigenvalue weighted by atomic mass is 10.1. The average molecular weight is 316 g/mol. The second-order valence-corrected chi connectivity index (χ2v) is 5.04. The van der Waals surface area contributed by atoms with Crippen LogP contribution in [0.5, 0.6) is 0 Å². The lowest BCUT2D eigenvalue weighted by Crippen LogP contribution is -2.35. The Morgan fingerprint density at radius 1 is 1.00 bits per heavy atom. The molecule has 2 aliphatic heterocycles. The van der Waals surface area contributed by atoms with Gasteiger partial charge in [-0.1, -0.05) is 35.9 Å². The van der Waals surface area contributed by atoms with Crippen molar-refractivity contribution in [2.75, 3.05) is 10.0 Å². The summed E-state index contributed by atoms with van der Waals surface area (Å²) >= 11 is 5.79. The Kier molecular flexibility index (Phi) is 3.50. The summed E-state index contributed by atoms with van der Waals surface area (Å²) in [6.45, 7) is 0. The van der Waals surface area contributed by atoms with Crippen LogP contribution in [0.3, 0.4) is 0 Å². The first-order chi connectivity index (χ1) is 10.2. The molecule has 0 unspecified atom stereocenters. The number of hydrogen-bond acceptors (Lipinski definition) is 4. The van der Waals surface area contributed by atoms with Crippen molar-refractivity contribution in [3.63, 3.8) is 0 Å². The van der Waals surface area contributed by atoms with E-state index in [2.05, 4.69) is 10.5 Å². The molecule has 1 aromatic heterocycles. The number of para-hydroxylation sites is 1. The third-order valence-corrected chi connectivity index (χ3v) is 3.60. The van der Waals surface area contributed by atoms with Crippen molar-refractivity contribution < 1.29 is 10.6 Å². The van der Waals surface area contributed by atoms with Gasteiger partial charge in [0.15, 0.2) is 0 Å². The highest BCUT2D eigenvalue weighted by Crippen LogP contribution is 2.36. The highest BCUT2D eigenvalue weighted by atomic mass is 35.5. The first kappa shape index (κ1) is 14.4. The fourth-order valence-corrected chi connectivity index (χ4v) is 2.48. The molecule has 0 spiro atoms. The van der Waals surface area contributed by atoms with E-state index in [1.165, 1.54) is 5.01 Å². The molecule has 0 saturated heterocycles. The minimum atomic E-state index is 0. The third-order valence-electron chi connectivity index (χ3n) is 3.38. The monoisotopic (exact) mass is 315 g/mol. The van der Waals surface area contributed by atoms with Crippen molar-refractivity contribution in [3.8, 4) is 0 Å². The van der Waals surface area contributed by atoms with Gasteiger partial charge in [0, 0.05) is 0 Å². The predicted molar refractivity (Wildman–Crippen MR) is 85.1 cm³/mol. The number of anilines is 2. The van der Waals surface area contributed by atoms with Crippen molar-refractivity contribution in [2.24, 2.45) is 0 Å². The molecule has 0 amide bonds. The molecular weight excluding hydrogens is 304 g/mol. The van der Waals surface area contributed by atoms with Gasteiger partial charge in [-0.25, -0.2) is 15.0 Å². The van der Waals surface area contributed by atoms with Gasteiger partial charge in [-0.2, -0.15) is 0 Å². The molecule has 3 N–H and O–H groups in total. The van der Waals surface area contributed by atoms with E-state index in [4.69, 9.17) is 11.6 Å². The van der Waals surface area contributed by atoms with E-state index in [-0.39, 0.29) is 11.4 Å². The molecule has 0 atom stereocenters. The molecule has 7 heteroatoms. The standard InChI is InChI=1S/C15H10ClN4O.H2O/c16-14-8-6-11(9-17-14)19-15(21)13-7-5-10-3-1-2-4-12(10)20(13)18-19;/h1-9,21H;1H2. The Morgan fingerprint density at radius 2 is 1.82 bits per heavy atom. The van der Waals surface area contributed by atoms with Crippen LogP contribution < -0.4 is 15.6 Å². The zero-order valence-corrected chi connectivity index (χ0v) is 12.1. The topological polar surface area (TPSA) is 85.2 Å². The number of aliphatic hydroxyl groups excluding tert-OH is 1. The number of allylic oxidation sites excluding steroid dienone is 1. The summed E-state index contributed by atoms with van der Waals surface area (Å²) < 4.78 is 0.